The van der Waals surface area contributed by atoms with E-state index in [1.165, 1.54) is 0 Å². The molecule has 0 radical (unpaired) electrons. The second-order valence-electron chi connectivity index (χ2n) is 4.87. The van der Waals surface area contributed by atoms with Crippen molar-refractivity contribution in [3.05, 3.63) is 65.7 Å². The first-order valence-corrected chi connectivity index (χ1v) is 7.11. The number of nitrogens with zero attached hydrogens (tertiary/aromatic N) is 1. The van der Waals surface area contributed by atoms with Gasteiger partial charge in [0, 0.05) is 5.57 Å². The predicted octanol–water partition coefficient (Wildman–Crippen LogP) is 3.28. The minimum absolute atomic E-state index is 0.658. The summed E-state index contributed by atoms with van der Waals surface area (Å²) in [7, 11) is 1.63. The molecular formula is C18H19N3O2. The topological polar surface area (TPSA) is 76.7 Å². The summed E-state index contributed by atoms with van der Waals surface area (Å²) in [5.41, 5.74) is 10.9. The summed E-state index contributed by atoms with van der Waals surface area (Å²) < 4.78 is 5.17. The van der Waals surface area contributed by atoms with Gasteiger partial charge in [-0.1, -0.05) is 42.5 Å². The highest BCUT2D eigenvalue weighted by Gasteiger charge is 2.06. The molecule has 3 N–H and O–H groups in total. The number of hydrazone groups is 1. The van der Waals surface area contributed by atoms with Crippen molar-refractivity contribution in [3.63, 3.8) is 0 Å². The van der Waals surface area contributed by atoms with Crippen molar-refractivity contribution in [3.8, 4) is 5.75 Å². The minimum atomic E-state index is -0.693. The van der Waals surface area contributed by atoms with Crippen LogP contribution in [0.25, 0.3) is 11.6 Å². The van der Waals surface area contributed by atoms with Gasteiger partial charge >= 0.3 is 6.03 Å². The minimum Gasteiger partial charge on any atom is -0.497 e. The molecule has 2 aromatic carbocycles. The van der Waals surface area contributed by atoms with Gasteiger partial charge < -0.3 is 10.5 Å². The summed E-state index contributed by atoms with van der Waals surface area (Å²) in [6.45, 7) is 1.82. The number of hydrogen-bond acceptors (Lipinski definition) is 3. The Bertz CT molecular complexity index is 720. The first-order chi connectivity index (χ1) is 11.1. The van der Waals surface area contributed by atoms with Crippen molar-refractivity contribution in [2.24, 2.45) is 10.8 Å². The molecule has 5 heteroatoms. The van der Waals surface area contributed by atoms with Gasteiger partial charge in [-0.05, 0) is 36.3 Å². The van der Waals surface area contributed by atoms with Crippen molar-refractivity contribution >= 4 is 23.4 Å². The molecule has 23 heavy (non-hydrogen) atoms. The number of rotatable bonds is 5. The molecule has 0 aliphatic heterocycles. The first-order valence-electron chi connectivity index (χ1n) is 7.11. The van der Waals surface area contributed by atoms with Crippen LogP contribution in [-0.2, 0) is 0 Å². The molecule has 0 aliphatic rings. The summed E-state index contributed by atoms with van der Waals surface area (Å²) >= 11 is 0. The molecule has 0 saturated heterocycles. The van der Waals surface area contributed by atoms with Gasteiger partial charge in [-0.3, -0.25) is 0 Å². The lowest BCUT2D eigenvalue weighted by Gasteiger charge is -2.09. The van der Waals surface area contributed by atoms with E-state index in [0.717, 1.165) is 22.4 Å². The molecular weight excluding hydrogens is 290 g/mol. The van der Waals surface area contributed by atoms with E-state index in [2.05, 4.69) is 10.5 Å². The highest BCUT2D eigenvalue weighted by molar-refractivity contribution is 6.27. The summed E-state index contributed by atoms with van der Waals surface area (Å²) in [6.07, 6.45) is 2.00. The molecule has 0 atom stereocenters. The molecule has 2 rings (SSSR count). The maximum atomic E-state index is 10.9. The standard InChI is InChI=1S/C18H19N3O2/c1-13(20-21-18(19)22)17(15-6-4-3-5-7-15)12-14-8-10-16(23-2)11-9-14/h3-12H,1-2H3,(H3,19,21,22)/b17-12+,20-13+. The molecule has 0 fully saturated rings. The SMILES string of the molecule is COc1ccc(/C=C(\C(C)=N\NC(N)=O)c2ccccc2)cc1. The molecule has 0 saturated carbocycles. The Labute approximate surface area is 135 Å². The lowest BCUT2D eigenvalue weighted by Crippen LogP contribution is -2.25. The van der Waals surface area contributed by atoms with Crippen LogP contribution in [0.5, 0.6) is 5.75 Å². The van der Waals surface area contributed by atoms with Crippen LogP contribution in [0.3, 0.4) is 0 Å². The third kappa shape index (κ3) is 4.71. The van der Waals surface area contributed by atoms with Crippen LogP contribution < -0.4 is 15.9 Å². The zero-order valence-electron chi connectivity index (χ0n) is 13.1. The van der Waals surface area contributed by atoms with Gasteiger partial charge in [-0.2, -0.15) is 5.10 Å². The van der Waals surface area contributed by atoms with Gasteiger partial charge in [0.05, 0.1) is 12.8 Å². The number of amides is 2. The lowest BCUT2D eigenvalue weighted by molar-refractivity contribution is 0.249. The monoisotopic (exact) mass is 309 g/mol. The number of nitrogens with one attached hydrogen (secondary N) is 1. The van der Waals surface area contributed by atoms with E-state index in [1.807, 2.05) is 67.6 Å². The Balaban J connectivity index is 2.41. The van der Waals surface area contributed by atoms with Gasteiger partial charge in [0.15, 0.2) is 0 Å². The van der Waals surface area contributed by atoms with E-state index < -0.39 is 6.03 Å². The fraction of sp³-hybridized carbons (Fsp3) is 0.111. The quantitative estimate of drug-likeness (QED) is 0.505. The van der Waals surface area contributed by atoms with Crippen LogP contribution in [0, 0.1) is 0 Å². The Morgan fingerprint density at radius 2 is 1.78 bits per heavy atom. The Morgan fingerprint density at radius 3 is 2.35 bits per heavy atom. The highest BCUT2D eigenvalue weighted by Crippen LogP contribution is 2.21. The molecule has 2 amide bonds. The largest absolute Gasteiger partial charge is 0.497 e. The maximum Gasteiger partial charge on any atom is 0.332 e. The number of urea groups is 1. The molecule has 0 aliphatic carbocycles. The predicted molar refractivity (Wildman–Crippen MR) is 93.1 cm³/mol. The average Bonchev–Trinajstić information content (AvgIpc) is 2.59. The van der Waals surface area contributed by atoms with E-state index in [0.29, 0.717) is 5.71 Å². The van der Waals surface area contributed by atoms with Gasteiger partial charge in [-0.15, -0.1) is 0 Å². The molecule has 5 nitrogen and oxygen atoms in total. The second kappa shape index (κ2) is 7.79. The van der Waals surface area contributed by atoms with Crippen molar-refractivity contribution in [2.75, 3.05) is 7.11 Å². The summed E-state index contributed by atoms with van der Waals surface area (Å²) in [4.78, 5) is 10.9. The number of benzene rings is 2. The van der Waals surface area contributed by atoms with Crippen LogP contribution in [-0.4, -0.2) is 18.9 Å². The zero-order valence-corrected chi connectivity index (χ0v) is 13.1. The highest BCUT2D eigenvalue weighted by atomic mass is 16.5. The van der Waals surface area contributed by atoms with Crippen LogP contribution >= 0.6 is 0 Å². The van der Waals surface area contributed by atoms with Gasteiger partial charge in [0.2, 0.25) is 0 Å². The Hall–Kier alpha value is -3.08. The van der Waals surface area contributed by atoms with E-state index in [-0.39, 0.29) is 0 Å². The van der Waals surface area contributed by atoms with Gasteiger partial charge in [0.1, 0.15) is 5.75 Å². The molecule has 0 unspecified atom stereocenters. The second-order valence-corrected chi connectivity index (χ2v) is 4.87. The van der Waals surface area contributed by atoms with Crippen molar-refractivity contribution in [1.29, 1.82) is 0 Å². The van der Waals surface area contributed by atoms with E-state index >= 15 is 0 Å². The van der Waals surface area contributed by atoms with Gasteiger partial charge in [0.25, 0.3) is 0 Å². The Morgan fingerprint density at radius 1 is 1.13 bits per heavy atom. The van der Waals surface area contributed by atoms with Crippen molar-refractivity contribution in [1.82, 2.24) is 5.43 Å². The van der Waals surface area contributed by atoms with Crippen LogP contribution in [0.15, 0.2) is 59.7 Å². The maximum absolute atomic E-state index is 10.9. The Kier molecular flexibility index (Phi) is 5.52. The fourth-order valence-corrected chi connectivity index (χ4v) is 2.08. The molecule has 0 heterocycles. The zero-order chi connectivity index (χ0) is 16.7. The normalized spacial score (nSPS) is 11.9. The molecule has 0 spiro atoms. The molecule has 0 bridgehead atoms. The summed E-state index contributed by atoms with van der Waals surface area (Å²) in [6, 6.07) is 16.8. The van der Waals surface area contributed by atoms with E-state index in [4.69, 9.17) is 10.5 Å². The number of allylic oxidation sites excluding steroid dienone is 1. The number of ether oxygens (including phenoxy) is 1. The number of nitrogens with two attached hydrogens (primary N) is 1. The number of methoxy groups -OCH3 is 1. The van der Waals surface area contributed by atoms with Crippen molar-refractivity contribution < 1.29 is 9.53 Å². The number of carbonyl (C=O) groups is 1. The van der Waals surface area contributed by atoms with Crippen LogP contribution in [0.2, 0.25) is 0 Å². The van der Waals surface area contributed by atoms with Crippen LogP contribution in [0.1, 0.15) is 18.1 Å². The summed E-state index contributed by atoms with van der Waals surface area (Å²) in [5, 5.41) is 4.03. The lowest BCUT2D eigenvalue weighted by atomic mass is 9.99. The van der Waals surface area contributed by atoms with Gasteiger partial charge in [-0.25, -0.2) is 10.2 Å². The molecule has 118 valence electrons. The molecule has 0 aromatic heterocycles. The number of carbonyl (C=O) groups excluding carboxylic acids is 1. The first kappa shape index (κ1) is 16.3. The fourth-order valence-electron chi connectivity index (χ4n) is 2.08. The smallest absolute Gasteiger partial charge is 0.332 e. The third-order valence-electron chi connectivity index (χ3n) is 3.24. The summed E-state index contributed by atoms with van der Waals surface area (Å²) in [5.74, 6) is 0.796. The third-order valence-corrected chi connectivity index (χ3v) is 3.24. The number of primary amides is 1. The number of hydrogen-bond donors (Lipinski definition) is 2. The van der Waals surface area contributed by atoms with E-state index in [9.17, 15) is 4.79 Å². The average molecular weight is 309 g/mol. The molecule has 2 aromatic rings. The van der Waals surface area contributed by atoms with E-state index in [1.54, 1.807) is 7.11 Å². The van der Waals surface area contributed by atoms with Crippen molar-refractivity contribution in [2.45, 2.75) is 6.92 Å². The van der Waals surface area contributed by atoms with Crippen LogP contribution in [0.4, 0.5) is 4.79 Å².